The average molecular weight is 191 g/mol. The normalized spacial score (nSPS) is 13.0. The molecule has 0 aromatic carbocycles. The Morgan fingerprint density at radius 3 is 1.90 bits per heavy atom. The van der Waals surface area contributed by atoms with Crippen LogP contribution in [0.1, 0.15) is 13.8 Å². The van der Waals surface area contributed by atoms with Crippen molar-refractivity contribution in [3.8, 4) is 0 Å². The SMILES string of the molecule is [CH2-]N(CC)S(O)(O)CC.[K+]. The van der Waals surface area contributed by atoms with E-state index in [2.05, 4.69) is 7.05 Å². The molecule has 0 atom stereocenters. The zero-order valence-corrected chi connectivity index (χ0v) is 10.8. The minimum absolute atomic E-state index is 0. The summed E-state index contributed by atoms with van der Waals surface area (Å²) in [6, 6.07) is 0. The summed E-state index contributed by atoms with van der Waals surface area (Å²) in [7, 11) is 0.943. The Balaban J connectivity index is 0. The van der Waals surface area contributed by atoms with Crippen LogP contribution in [-0.2, 0) is 0 Å². The molecule has 0 unspecified atom stereocenters. The molecule has 0 fully saturated rings. The molecule has 0 bridgehead atoms. The van der Waals surface area contributed by atoms with Crippen molar-refractivity contribution in [2.45, 2.75) is 13.8 Å². The summed E-state index contributed by atoms with van der Waals surface area (Å²) in [5, 5.41) is 0. The molecule has 3 nitrogen and oxygen atoms in total. The number of nitrogens with zero attached hydrogens (tertiary/aromatic N) is 1. The van der Waals surface area contributed by atoms with Gasteiger partial charge < -0.3 is 4.31 Å². The van der Waals surface area contributed by atoms with Crippen molar-refractivity contribution >= 4 is 10.8 Å². The molecule has 0 rings (SSSR count). The van der Waals surface area contributed by atoms with Crippen LogP contribution in [0.5, 0.6) is 0 Å². The van der Waals surface area contributed by atoms with Crippen LogP contribution >= 0.6 is 10.8 Å². The molecule has 0 aromatic rings. The first-order valence-corrected chi connectivity index (χ1v) is 4.56. The van der Waals surface area contributed by atoms with Crippen LogP contribution in [0.15, 0.2) is 0 Å². The van der Waals surface area contributed by atoms with Gasteiger partial charge in [-0.1, -0.05) is 6.92 Å². The van der Waals surface area contributed by atoms with Crippen molar-refractivity contribution in [2.75, 3.05) is 12.3 Å². The van der Waals surface area contributed by atoms with Crippen molar-refractivity contribution in [1.29, 1.82) is 0 Å². The molecule has 0 aliphatic carbocycles. The topological polar surface area (TPSA) is 43.7 Å². The molecule has 0 saturated heterocycles. The summed E-state index contributed by atoms with van der Waals surface area (Å²) >= 11 is 0. The maximum atomic E-state index is 9.09. The Morgan fingerprint density at radius 2 is 1.80 bits per heavy atom. The monoisotopic (exact) mass is 191 g/mol. The van der Waals surface area contributed by atoms with E-state index in [-0.39, 0.29) is 51.4 Å². The van der Waals surface area contributed by atoms with Gasteiger partial charge in [-0.05, 0) is 13.5 Å². The fourth-order valence-electron chi connectivity index (χ4n) is 0.389. The van der Waals surface area contributed by atoms with Gasteiger partial charge in [0, 0.05) is 5.75 Å². The van der Waals surface area contributed by atoms with Gasteiger partial charge >= 0.3 is 51.4 Å². The zero-order valence-electron chi connectivity index (χ0n) is 6.87. The first-order chi connectivity index (χ1) is 4.04. The van der Waals surface area contributed by atoms with Gasteiger partial charge in [0.05, 0.1) is 0 Å². The van der Waals surface area contributed by atoms with E-state index in [1.54, 1.807) is 6.92 Å². The molecular formula is C5H14KNO2S. The fraction of sp³-hybridized carbons (Fsp3) is 0.800. The van der Waals surface area contributed by atoms with Crippen molar-refractivity contribution in [2.24, 2.45) is 0 Å². The maximum absolute atomic E-state index is 9.09. The summed E-state index contributed by atoms with van der Waals surface area (Å²) in [5.74, 6) is 0.352. The van der Waals surface area contributed by atoms with Crippen molar-refractivity contribution < 1.29 is 60.5 Å². The van der Waals surface area contributed by atoms with E-state index >= 15 is 0 Å². The van der Waals surface area contributed by atoms with E-state index in [0.29, 0.717) is 12.3 Å². The molecule has 2 N–H and O–H groups in total. The molecular weight excluding hydrogens is 177 g/mol. The zero-order chi connectivity index (χ0) is 7.49. The van der Waals surface area contributed by atoms with E-state index in [0.717, 1.165) is 0 Å². The Bertz CT molecular complexity index is 91.7. The Morgan fingerprint density at radius 1 is 1.40 bits per heavy atom. The summed E-state index contributed by atoms with van der Waals surface area (Å²) in [6.07, 6.45) is 0. The molecule has 10 heavy (non-hydrogen) atoms. The van der Waals surface area contributed by atoms with Gasteiger partial charge in [-0.15, -0.1) is 0 Å². The van der Waals surface area contributed by atoms with Gasteiger partial charge in [-0.3, -0.25) is 16.2 Å². The fourth-order valence-corrected chi connectivity index (χ4v) is 1.17. The minimum atomic E-state index is -2.53. The van der Waals surface area contributed by atoms with Gasteiger partial charge in [0.1, 0.15) is 0 Å². The molecule has 0 aliphatic rings. The Labute approximate surface area is 107 Å². The Hall–Kier alpha value is 1.87. The summed E-state index contributed by atoms with van der Waals surface area (Å²) in [5.41, 5.74) is 0. The van der Waals surface area contributed by atoms with Gasteiger partial charge in [-0.25, -0.2) is 0 Å². The van der Waals surface area contributed by atoms with Crippen LogP contribution in [0.4, 0.5) is 0 Å². The molecule has 0 amide bonds. The third-order valence-corrected chi connectivity index (χ3v) is 3.01. The quantitative estimate of drug-likeness (QED) is 0.434. The molecule has 0 aliphatic heterocycles. The first-order valence-electron chi connectivity index (χ1n) is 2.88. The molecule has 0 saturated carbocycles. The second-order valence-corrected chi connectivity index (χ2v) is 4.08. The van der Waals surface area contributed by atoms with Crippen molar-refractivity contribution in [1.82, 2.24) is 4.31 Å². The second kappa shape index (κ2) is 6.39. The molecule has 0 radical (unpaired) electrons. The minimum Gasteiger partial charge on any atom is -0.358 e. The summed E-state index contributed by atoms with van der Waals surface area (Å²) in [4.78, 5) is 0. The van der Waals surface area contributed by atoms with Crippen molar-refractivity contribution in [3.63, 3.8) is 0 Å². The van der Waals surface area contributed by atoms with E-state index in [1.165, 1.54) is 4.31 Å². The van der Waals surface area contributed by atoms with Crippen LogP contribution < -0.4 is 51.4 Å². The summed E-state index contributed by atoms with van der Waals surface area (Å²) < 4.78 is 19.5. The molecule has 0 heterocycles. The predicted molar refractivity (Wildman–Crippen MR) is 41.1 cm³/mol. The number of rotatable bonds is 3. The van der Waals surface area contributed by atoms with Gasteiger partial charge in [-0.2, -0.15) is 10.8 Å². The standard InChI is InChI=1S/C5H14NO2S.K/c1-4-6(3)9(7,8)5-2;/h7-8H,3-5H2,1-2H3;/q-1;+1. The smallest absolute Gasteiger partial charge is 0.358 e. The van der Waals surface area contributed by atoms with Crippen LogP contribution in [-0.4, -0.2) is 25.7 Å². The molecule has 0 aromatic heterocycles. The van der Waals surface area contributed by atoms with Gasteiger partial charge in [0.25, 0.3) is 0 Å². The maximum Gasteiger partial charge on any atom is 1.00 e. The van der Waals surface area contributed by atoms with Crippen LogP contribution in [0.25, 0.3) is 0 Å². The average Bonchev–Trinajstić information content (AvgIpc) is 1.86. The van der Waals surface area contributed by atoms with E-state index in [9.17, 15) is 0 Å². The largest absolute Gasteiger partial charge is 1.00 e. The van der Waals surface area contributed by atoms with Crippen LogP contribution in [0.2, 0.25) is 0 Å². The number of hydrogen-bond donors (Lipinski definition) is 2. The third-order valence-electron chi connectivity index (χ3n) is 1.15. The molecule has 5 heteroatoms. The predicted octanol–water partition coefficient (Wildman–Crippen LogP) is -1.21. The van der Waals surface area contributed by atoms with Gasteiger partial charge in [0.2, 0.25) is 0 Å². The summed E-state index contributed by atoms with van der Waals surface area (Å²) in [6.45, 7) is 4.12. The second-order valence-electron chi connectivity index (χ2n) is 1.72. The first kappa shape index (κ1) is 14.4. The van der Waals surface area contributed by atoms with Crippen LogP contribution in [0, 0.1) is 7.05 Å². The molecule has 58 valence electrons. The van der Waals surface area contributed by atoms with E-state index in [1.807, 2.05) is 6.92 Å². The van der Waals surface area contributed by atoms with Gasteiger partial charge in [0.15, 0.2) is 0 Å². The van der Waals surface area contributed by atoms with E-state index < -0.39 is 10.8 Å². The number of hydrogen-bond acceptors (Lipinski definition) is 3. The van der Waals surface area contributed by atoms with Crippen LogP contribution in [0.3, 0.4) is 0 Å². The Kier molecular flexibility index (Phi) is 9.20. The molecule has 0 spiro atoms. The third kappa shape index (κ3) is 4.69. The van der Waals surface area contributed by atoms with E-state index in [4.69, 9.17) is 9.11 Å². The van der Waals surface area contributed by atoms with Crippen molar-refractivity contribution in [3.05, 3.63) is 7.05 Å².